The van der Waals surface area contributed by atoms with Crippen LogP contribution in [-0.4, -0.2) is 23.3 Å². The van der Waals surface area contributed by atoms with Gasteiger partial charge in [-0.05, 0) is 51.2 Å². The van der Waals surface area contributed by atoms with Gasteiger partial charge < -0.3 is 15.7 Å². The molecule has 1 aliphatic carbocycles. The van der Waals surface area contributed by atoms with E-state index in [-0.39, 0.29) is 12.6 Å². The van der Waals surface area contributed by atoms with Gasteiger partial charge in [-0.3, -0.25) is 0 Å². The first kappa shape index (κ1) is 13.9. The first-order valence-electron chi connectivity index (χ1n) is 6.72. The van der Waals surface area contributed by atoms with E-state index in [4.69, 9.17) is 0 Å². The van der Waals surface area contributed by atoms with E-state index in [0.717, 1.165) is 24.1 Å². The highest BCUT2D eigenvalue weighted by molar-refractivity contribution is 5.90. The third kappa shape index (κ3) is 3.26. The topological polar surface area (TPSA) is 61.4 Å². The Morgan fingerprint density at radius 1 is 1.42 bits per heavy atom. The maximum atomic E-state index is 12.0. The van der Waals surface area contributed by atoms with E-state index in [9.17, 15) is 9.90 Å². The van der Waals surface area contributed by atoms with E-state index in [1.54, 1.807) is 0 Å². The van der Waals surface area contributed by atoms with Gasteiger partial charge in [0.25, 0.3) is 0 Å². The lowest BCUT2D eigenvalue weighted by Crippen LogP contribution is -2.52. The van der Waals surface area contributed by atoms with Gasteiger partial charge in [-0.2, -0.15) is 0 Å². The lowest BCUT2D eigenvalue weighted by atomic mass is 9.97. The highest BCUT2D eigenvalue weighted by Gasteiger charge is 2.42. The Hall–Kier alpha value is -1.55. The summed E-state index contributed by atoms with van der Waals surface area (Å²) >= 11 is 0. The molecule has 19 heavy (non-hydrogen) atoms. The average molecular weight is 262 g/mol. The monoisotopic (exact) mass is 262 g/mol. The van der Waals surface area contributed by atoms with Crippen molar-refractivity contribution in [2.45, 2.75) is 39.2 Å². The number of aliphatic hydroxyl groups excluding tert-OH is 1. The van der Waals surface area contributed by atoms with Crippen LogP contribution in [0.25, 0.3) is 0 Å². The van der Waals surface area contributed by atoms with Crippen LogP contribution in [0.3, 0.4) is 0 Å². The molecule has 2 rings (SSSR count). The molecule has 0 radical (unpaired) electrons. The second-order valence-corrected chi connectivity index (χ2v) is 5.75. The molecule has 0 aromatic heterocycles. The lowest BCUT2D eigenvalue weighted by Gasteiger charge is -2.29. The third-order valence-corrected chi connectivity index (χ3v) is 3.84. The largest absolute Gasteiger partial charge is 0.394 e. The summed E-state index contributed by atoms with van der Waals surface area (Å²) in [6, 6.07) is 5.64. The lowest BCUT2D eigenvalue weighted by molar-refractivity contribution is 0.159. The molecule has 1 aromatic rings. The van der Waals surface area contributed by atoms with Crippen molar-refractivity contribution in [3.05, 3.63) is 29.3 Å². The van der Waals surface area contributed by atoms with Gasteiger partial charge in [0.05, 0.1) is 12.1 Å². The molecule has 1 saturated carbocycles. The number of carbonyl (C=O) groups excluding carboxylic acids is 1. The summed E-state index contributed by atoms with van der Waals surface area (Å²) in [7, 11) is 0. The zero-order valence-corrected chi connectivity index (χ0v) is 11.8. The van der Waals surface area contributed by atoms with E-state index in [1.165, 1.54) is 5.56 Å². The van der Waals surface area contributed by atoms with E-state index in [1.807, 2.05) is 39.0 Å². The van der Waals surface area contributed by atoms with Crippen molar-refractivity contribution in [3.8, 4) is 0 Å². The van der Waals surface area contributed by atoms with Crippen molar-refractivity contribution in [1.82, 2.24) is 5.32 Å². The van der Waals surface area contributed by atoms with Crippen LogP contribution in [0, 0.1) is 19.8 Å². The van der Waals surface area contributed by atoms with Crippen molar-refractivity contribution in [2.24, 2.45) is 5.92 Å². The number of aliphatic hydroxyl groups is 1. The van der Waals surface area contributed by atoms with Crippen LogP contribution in [0.1, 0.15) is 30.9 Å². The number of benzene rings is 1. The van der Waals surface area contributed by atoms with Gasteiger partial charge in [0.2, 0.25) is 0 Å². The summed E-state index contributed by atoms with van der Waals surface area (Å²) in [4.78, 5) is 12.0. The molecule has 0 saturated heterocycles. The Morgan fingerprint density at radius 3 is 2.63 bits per heavy atom. The Kier molecular flexibility index (Phi) is 3.80. The molecule has 2 amide bonds. The van der Waals surface area contributed by atoms with Crippen LogP contribution in [0.2, 0.25) is 0 Å². The minimum absolute atomic E-state index is 0.0298. The third-order valence-electron chi connectivity index (χ3n) is 3.84. The number of urea groups is 1. The van der Waals surface area contributed by atoms with Crippen molar-refractivity contribution in [1.29, 1.82) is 0 Å². The molecule has 4 nitrogen and oxygen atoms in total. The molecule has 0 aliphatic heterocycles. The summed E-state index contributed by atoms with van der Waals surface area (Å²) < 4.78 is 0. The fourth-order valence-corrected chi connectivity index (χ4v) is 2.36. The summed E-state index contributed by atoms with van der Waals surface area (Å²) in [5.41, 5.74) is 2.50. The van der Waals surface area contributed by atoms with Crippen LogP contribution < -0.4 is 10.6 Å². The van der Waals surface area contributed by atoms with Gasteiger partial charge in [-0.1, -0.05) is 17.7 Å². The van der Waals surface area contributed by atoms with Crippen molar-refractivity contribution in [2.75, 3.05) is 11.9 Å². The van der Waals surface area contributed by atoms with Gasteiger partial charge >= 0.3 is 6.03 Å². The molecule has 1 aromatic carbocycles. The first-order valence-corrected chi connectivity index (χ1v) is 6.72. The molecule has 4 heteroatoms. The zero-order chi connectivity index (χ0) is 14.0. The molecule has 1 unspecified atom stereocenters. The van der Waals surface area contributed by atoms with Crippen molar-refractivity contribution in [3.63, 3.8) is 0 Å². The molecule has 0 heterocycles. The number of amides is 2. The first-order chi connectivity index (χ1) is 8.94. The molecule has 0 spiro atoms. The number of hydrogen-bond donors (Lipinski definition) is 3. The van der Waals surface area contributed by atoms with E-state index < -0.39 is 5.54 Å². The molecular formula is C15H22N2O2. The fraction of sp³-hybridized carbons (Fsp3) is 0.533. The summed E-state index contributed by atoms with van der Waals surface area (Å²) in [5, 5.41) is 15.2. The van der Waals surface area contributed by atoms with Gasteiger partial charge in [0, 0.05) is 5.69 Å². The van der Waals surface area contributed by atoms with Crippen LogP contribution >= 0.6 is 0 Å². The number of aryl methyl sites for hydroxylation is 2. The Labute approximate surface area is 114 Å². The predicted octanol–water partition coefficient (Wildman–Crippen LogP) is 2.59. The molecule has 104 valence electrons. The molecule has 1 fully saturated rings. The second kappa shape index (κ2) is 5.21. The highest BCUT2D eigenvalue weighted by Crippen LogP contribution is 2.39. The van der Waals surface area contributed by atoms with Gasteiger partial charge in [0.15, 0.2) is 0 Å². The highest BCUT2D eigenvalue weighted by atomic mass is 16.3. The Morgan fingerprint density at radius 2 is 2.11 bits per heavy atom. The number of nitrogens with one attached hydrogen (secondary N) is 2. The summed E-state index contributed by atoms with van der Waals surface area (Å²) in [6.45, 7) is 5.85. The molecule has 1 aliphatic rings. The van der Waals surface area contributed by atoms with Gasteiger partial charge in [0.1, 0.15) is 0 Å². The SMILES string of the molecule is Cc1ccc(NC(=O)NC(C)(CO)C2CC2)c(C)c1. The normalized spacial score (nSPS) is 17.7. The number of rotatable bonds is 4. The molecular weight excluding hydrogens is 240 g/mol. The predicted molar refractivity (Wildman–Crippen MR) is 76.3 cm³/mol. The number of anilines is 1. The molecule has 1 atom stereocenters. The summed E-state index contributed by atoms with van der Waals surface area (Å²) in [5.74, 6) is 0.391. The van der Waals surface area contributed by atoms with Crippen LogP contribution in [0.15, 0.2) is 18.2 Å². The molecule has 0 bridgehead atoms. The second-order valence-electron chi connectivity index (χ2n) is 5.75. The van der Waals surface area contributed by atoms with Crippen LogP contribution in [0.5, 0.6) is 0 Å². The number of carbonyl (C=O) groups is 1. The maximum Gasteiger partial charge on any atom is 0.319 e. The van der Waals surface area contributed by atoms with Crippen LogP contribution in [-0.2, 0) is 0 Å². The van der Waals surface area contributed by atoms with Crippen molar-refractivity contribution < 1.29 is 9.90 Å². The zero-order valence-electron chi connectivity index (χ0n) is 11.8. The number of hydrogen-bond acceptors (Lipinski definition) is 2. The Bertz CT molecular complexity index is 483. The van der Waals surface area contributed by atoms with E-state index >= 15 is 0 Å². The smallest absolute Gasteiger partial charge is 0.319 e. The van der Waals surface area contributed by atoms with Gasteiger partial charge in [-0.15, -0.1) is 0 Å². The fourth-order valence-electron chi connectivity index (χ4n) is 2.36. The average Bonchev–Trinajstić information content (AvgIpc) is 3.17. The van der Waals surface area contributed by atoms with Gasteiger partial charge in [-0.25, -0.2) is 4.79 Å². The van der Waals surface area contributed by atoms with Crippen LogP contribution in [0.4, 0.5) is 10.5 Å². The standard InChI is InChI=1S/C15H22N2O2/c1-10-4-7-13(11(2)8-10)16-14(19)17-15(3,9-18)12-5-6-12/h4,7-8,12,18H,5-6,9H2,1-3H3,(H2,16,17,19). The molecule has 3 N–H and O–H groups in total. The van der Waals surface area contributed by atoms with Crippen molar-refractivity contribution >= 4 is 11.7 Å². The van der Waals surface area contributed by atoms with E-state index in [2.05, 4.69) is 10.6 Å². The Balaban J connectivity index is 2.00. The maximum absolute atomic E-state index is 12.0. The minimum Gasteiger partial charge on any atom is -0.394 e. The summed E-state index contributed by atoms with van der Waals surface area (Å²) in [6.07, 6.45) is 2.14. The quantitative estimate of drug-likeness (QED) is 0.781. The van der Waals surface area contributed by atoms with E-state index in [0.29, 0.717) is 5.92 Å². The minimum atomic E-state index is -0.511.